The Hall–Kier alpha value is -1.39. The Labute approximate surface area is 120 Å². The zero-order valence-corrected chi connectivity index (χ0v) is 12.2. The molecule has 1 aromatic carbocycles. The van der Waals surface area contributed by atoms with E-state index in [-0.39, 0.29) is 0 Å². The molecule has 1 fully saturated rings. The van der Waals surface area contributed by atoms with E-state index >= 15 is 0 Å². The molecule has 20 heavy (non-hydrogen) atoms. The monoisotopic (exact) mass is 277 g/mol. The molecule has 4 heteroatoms. The van der Waals surface area contributed by atoms with Gasteiger partial charge in [0.2, 0.25) is 0 Å². The van der Waals surface area contributed by atoms with Crippen LogP contribution in [0.4, 0.5) is 0 Å². The van der Waals surface area contributed by atoms with Crippen LogP contribution >= 0.6 is 0 Å². The molecule has 4 nitrogen and oxygen atoms in total. The van der Waals surface area contributed by atoms with E-state index in [1.807, 2.05) is 12.1 Å². The van der Waals surface area contributed by atoms with Gasteiger partial charge in [-0.3, -0.25) is 9.69 Å². The lowest BCUT2D eigenvalue weighted by Crippen LogP contribution is -2.45. The zero-order valence-electron chi connectivity index (χ0n) is 12.2. The minimum absolute atomic E-state index is 0.309. The summed E-state index contributed by atoms with van der Waals surface area (Å²) in [5, 5.41) is 0. The molecule has 1 aliphatic heterocycles. The summed E-state index contributed by atoms with van der Waals surface area (Å²) in [7, 11) is 0. The largest absolute Gasteiger partial charge is 0.494 e. The van der Waals surface area contributed by atoms with Gasteiger partial charge in [0.25, 0.3) is 0 Å². The fourth-order valence-electron chi connectivity index (χ4n) is 2.62. The Morgan fingerprint density at radius 1 is 1.35 bits per heavy atom. The van der Waals surface area contributed by atoms with Crippen LogP contribution in [0.15, 0.2) is 24.3 Å². The summed E-state index contributed by atoms with van der Waals surface area (Å²) in [5.74, 6) is 0.762. The maximum Gasteiger partial charge on any atom is 0.150 e. The Bertz CT molecular complexity index is 425. The third-order valence-corrected chi connectivity index (χ3v) is 3.38. The molecule has 0 bridgehead atoms. The summed E-state index contributed by atoms with van der Waals surface area (Å²) >= 11 is 0. The van der Waals surface area contributed by atoms with Crippen molar-refractivity contribution in [3.63, 3.8) is 0 Å². The number of morpholine rings is 1. The van der Waals surface area contributed by atoms with E-state index in [4.69, 9.17) is 9.47 Å². The van der Waals surface area contributed by atoms with Crippen molar-refractivity contribution in [3.05, 3.63) is 29.8 Å². The molecule has 0 spiro atoms. The van der Waals surface area contributed by atoms with Gasteiger partial charge in [0.15, 0.2) is 0 Å². The minimum atomic E-state index is 0.309. The van der Waals surface area contributed by atoms with Gasteiger partial charge in [0, 0.05) is 25.2 Å². The molecule has 2 atom stereocenters. The molecule has 0 N–H and O–H groups in total. The van der Waals surface area contributed by atoms with Gasteiger partial charge < -0.3 is 9.47 Å². The highest BCUT2D eigenvalue weighted by Crippen LogP contribution is 2.13. The lowest BCUT2D eigenvalue weighted by molar-refractivity contribution is -0.0686. The highest BCUT2D eigenvalue weighted by atomic mass is 16.5. The van der Waals surface area contributed by atoms with E-state index in [1.54, 1.807) is 12.1 Å². The van der Waals surface area contributed by atoms with Crippen molar-refractivity contribution in [1.29, 1.82) is 0 Å². The van der Waals surface area contributed by atoms with Gasteiger partial charge in [-0.05, 0) is 32.4 Å². The molecule has 0 saturated carbocycles. The molecule has 0 unspecified atom stereocenters. The molecule has 110 valence electrons. The van der Waals surface area contributed by atoms with Crippen molar-refractivity contribution in [1.82, 2.24) is 4.90 Å². The number of carbonyl (C=O) groups is 1. The minimum Gasteiger partial charge on any atom is -0.494 e. The second kappa shape index (κ2) is 7.41. The van der Waals surface area contributed by atoms with Crippen molar-refractivity contribution in [2.75, 3.05) is 26.2 Å². The normalized spacial score (nSPS) is 23.5. The van der Waals surface area contributed by atoms with E-state index in [0.29, 0.717) is 24.4 Å². The van der Waals surface area contributed by atoms with Gasteiger partial charge in [0.1, 0.15) is 12.0 Å². The second-order valence-electron chi connectivity index (χ2n) is 5.41. The number of ether oxygens (including phenoxy) is 2. The predicted molar refractivity (Wildman–Crippen MR) is 78.4 cm³/mol. The number of hydrogen-bond donors (Lipinski definition) is 0. The van der Waals surface area contributed by atoms with Gasteiger partial charge in [-0.25, -0.2) is 0 Å². The van der Waals surface area contributed by atoms with E-state index in [1.165, 1.54) is 0 Å². The van der Waals surface area contributed by atoms with Crippen LogP contribution < -0.4 is 4.74 Å². The third kappa shape index (κ3) is 4.62. The van der Waals surface area contributed by atoms with Crippen LogP contribution in [0.5, 0.6) is 5.75 Å². The fraction of sp³-hybridized carbons (Fsp3) is 0.562. The van der Waals surface area contributed by atoms with Crippen LogP contribution in [0, 0.1) is 0 Å². The van der Waals surface area contributed by atoms with Crippen molar-refractivity contribution < 1.29 is 14.3 Å². The van der Waals surface area contributed by atoms with Gasteiger partial charge in [-0.2, -0.15) is 0 Å². The van der Waals surface area contributed by atoms with E-state index in [0.717, 1.165) is 38.1 Å². The van der Waals surface area contributed by atoms with Crippen LogP contribution in [0.25, 0.3) is 0 Å². The topological polar surface area (TPSA) is 38.8 Å². The first kappa shape index (κ1) is 15.0. The first-order chi connectivity index (χ1) is 9.67. The average Bonchev–Trinajstić information content (AvgIpc) is 2.43. The Kier molecular flexibility index (Phi) is 5.56. The van der Waals surface area contributed by atoms with Crippen LogP contribution in [-0.4, -0.2) is 49.6 Å². The highest BCUT2D eigenvalue weighted by molar-refractivity contribution is 5.75. The molecule has 1 aromatic rings. The summed E-state index contributed by atoms with van der Waals surface area (Å²) < 4.78 is 11.4. The quantitative estimate of drug-likeness (QED) is 0.591. The smallest absolute Gasteiger partial charge is 0.150 e. The molecule has 2 rings (SSSR count). The van der Waals surface area contributed by atoms with Crippen LogP contribution in [-0.2, 0) is 4.74 Å². The van der Waals surface area contributed by atoms with Crippen molar-refractivity contribution in [3.8, 4) is 5.75 Å². The van der Waals surface area contributed by atoms with Gasteiger partial charge in [-0.15, -0.1) is 0 Å². The summed E-state index contributed by atoms with van der Waals surface area (Å²) in [4.78, 5) is 13.1. The number of nitrogens with zero attached hydrogens (tertiary/aromatic N) is 1. The summed E-state index contributed by atoms with van der Waals surface area (Å²) in [5.41, 5.74) is 0.651. The number of benzene rings is 1. The van der Waals surface area contributed by atoms with Crippen molar-refractivity contribution in [2.45, 2.75) is 32.5 Å². The third-order valence-electron chi connectivity index (χ3n) is 3.38. The first-order valence-corrected chi connectivity index (χ1v) is 7.23. The molecular weight excluding hydrogens is 254 g/mol. The van der Waals surface area contributed by atoms with Crippen LogP contribution in [0.2, 0.25) is 0 Å². The summed E-state index contributed by atoms with van der Waals surface area (Å²) in [6, 6.07) is 7.26. The molecule has 0 aromatic heterocycles. The summed E-state index contributed by atoms with van der Waals surface area (Å²) in [6.45, 7) is 7.90. The van der Waals surface area contributed by atoms with Gasteiger partial charge >= 0.3 is 0 Å². The predicted octanol–water partition coefficient (Wildman–Crippen LogP) is 2.38. The molecular formula is C16H23NO3. The summed E-state index contributed by atoms with van der Waals surface area (Å²) in [6.07, 6.45) is 2.43. The molecule has 1 heterocycles. The highest BCUT2D eigenvalue weighted by Gasteiger charge is 2.21. The van der Waals surface area contributed by atoms with Crippen molar-refractivity contribution in [2.24, 2.45) is 0 Å². The molecule has 0 aliphatic carbocycles. The van der Waals surface area contributed by atoms with Gasteiger partial charge in [0.05, 0.1) is 18.8 Å². The second-order valence-corrected chi connectivity index (χ2v) is 5.41. The number of carbonyl (C=O) groups excluding carboxylic acids is 1. The van der Waals surface area contributed by atoms with E-state index in [9.17, 15) is 4.79 Å². The molecule has 1 aliphatic rings. The SMILES string of the molecule is C[C@@H]1CN(CCCOc2cccc(C=O)c2)C[C@H](C)O1. The van der Waals surface area contributed by atoms with Gasteiger partial charge in [-0.1, -0.05) is 12.1 Å². The van der Waals surface area contributed by atoms with Crippen LogP contribution in [0.3, 0.4) is 0 Å². The molecule has 1 saturated heterocycles. The van der Waals surface area contributed by atoms with Crippen molar-refractivity contribution >= 4 is 6.29 Å². The Morgan fingerprint density at radius 2 is 2.10 bits per heavy atom. The Balaban J connectivity index is 1.69. The lowest BCUT2D eigenvalue weighted by atomic mass is 10.2. The Morgan fingerprint density at radius 3 is 2.80 bits per heavy atom. The standard InChI is InChI=1S/C16H23NO3/c1-13-10-17(11-14(2)20-13)7-4-8-19-16-6-3-5-15(9-16)12-18/h3,5-6,9,12-14H,4,7-8,10-11H2,1-2H3/t13-,14+. The number of hydrogen-bond acceptors (Lipinski definition) is 4. The maximum atomic E-state index is 10.7. The zero-order chi connectivity index (χ0) is 14.4. The number of aldehydes is 1. The molecule has 0 radical (unpaired) electrons. The molecule has 0 amide bonds. The lowest BCUT2D eigenvalue weighted by Gasteiger charge is -2.35. The van der Waals surface area contributed by atoms with E-state index in [2.05, 4.69) is 18.7 Å². The van der Waals surface area contributed by atoms with Crippen LogP contribution in [0.1, 0.15) is 30.6 Å². The number of rotatable bonds is 6. The maximum absolute atomic E-state index is 10.7. The average molecular weight is 277 g/mol. The fourth-order valence-corrected chi connectivity index (χ4v) is 2.62. The van der Waals surface area contributed by atoms with E-state index < -0.39 is 0 Å². The first-order valence-electron chi connectivity index (χ1n) is 7.23.